The summed E-state index contributed by atoms with van der Waals surface area (Å²) in [6, 6.07) is 17.6. The standard InChI is InChI=1S/C18H18O/c1-11-16(10-19)18-14-8-4-2-6-12(14)17(11)13-7-3-5-9-15(13)18/h2-9,11,16-19H,10H2,1H3/t11-,16+,17?,18?/m1/s1. The van der Waals surface area contributed by atoms with Crippen molar-refractivity contribution in [2.45, 2.75) is 18.8 Å². The third kappa shape index (κ3) is 1.34. The van der Waals surface area contributed by atoms with Gasteiger partial charge in [0.2, 0.25) is 0 Å². The lowest BCUT2D eigenvalue weighted by molar-refractivity contribution is 0.138. The summed E-state index contributed by atoms with van der Waals surface area (Å²) in [5.74, 6) is 1.70. The lowest BCUT2D eigenvalue weighted by Gasteiger charge is -2.49. The maximum Gasteiger partial charge on any atom is 0.0471 e. The van der Waals surface area contributed by atoms with E-state index in [0.29, 0.717) is 23.7 Å². The molecule has 0 amide bonds. The van der Waals surface area contributed by atoms with Gasteiger partial charge in [0.25, 0.3) is 0 Å². The topological polar surface area (TPSA) is 20.2 Å². The fraction of sp³-hybridized carbons (Fsp3) is 0.333. The Labute approximate surface area is 113 Å². The SMILES string of the molecule is C[C@H]1C2c3ccccc3C(c3ccccc32)[C@H]1CO. The van der Waals surface area contributed by atoms with Crippen LogP contribution in [0.5, 0.6) is 0 Å². The zero-order valence-electron chi connectivity index (χ0n) is 11.1. The molecule has 1 heteroatoms. The highest BCUT2D eigenvalue weighted by atomic mass is 16.3. The van der Waals surface area contributed by atoms with Gasteiger partial charge in [0.15, 0.2) is 0 Å². The molecule has 3 aliphatic rings. The first-order valence-electron chi connectivity index (χ1n) is 7.11. The maximum absolute atomic E-state index is 9.83. The molecule has 2 bridgehead atoms. The normalized spacial score (nSPS) is 30.8. The highest BCUT2D eigenvalue weighted by Gasteiger charge is 2.47. The lowest BCUT2D eigenvalue weighted by atomic mass is 9.55. The summed E-state index contributed by atoms with van der Waals surface area (Å²) >= 11 is 0. The molecule has 5 rings (SSSR count). The average molecular weight is 250 g/mol. The van der Waals surface area contributed by atoms with Crippen molar-refractivity contribution in [3.8, 4) is 0 Å². The fourth-order valence-corrected chi connectivity index (χ4v) is 4.34. The van der Waals surface area contributed by atoms with Crippen LogP contribution in [0, 0.1) is 11.8 Å². The molecule has 2 aromatic carbocycles. The van der Waals surface area contributed by atoms with Crippen LogP contribution >= 0.6 is 0 Å². The van der Waals surface area contributed by atoms with Gasteiger partial charge in [-0.05, 0) is 34.1 Å². The van der Waals surface area contributed by atoms with Gasteiger partial charge in [0, 0.05) is 18.4 Å². The molecule has 0 saturated carbocycles. The largest absolute Gasteiger partial charge is 0.396 e. The third-order valence-corrected chi connectivity index (χ3v) is 5.17. The molecule has 0 saturated heterocycles. The first-order chi connectivity index (χ1) is 9.33. The Bertz CT molecular complexity index is 584. The van der Waals surface area contributed by atoms with Gasteiger partial charge in [-0.15, -0.1) is 0 Å². The second kappa shape index (κ2) is 3.94. The Morgan fingerprint density at radius 1 is 0.789 bits per heavy atom. The van der Waals surface area contributed by atoms with Gasteiger partial charge in [0.05, 0.1) is 0 Å². The van der Waals surface area contributed by atoms with Crippen molar-refractivity contribution in [1.29, 1.82) is 0 Å². The summed E-state index contributed by atoms with van der Waals surface area (Å²) in [4.78, 5) is 0. The summed E-state index contributed by atoms with van der Waals surface area (Å²) in [5.41, 5.74) is 5.82. The van der Waals surface area contributed by atoms with Crippen LogP contribution in [0.25, 0.3) is 0 Å². The molecule has 0 fully saturated rings. The van der Waals surface area contributed by atoms with Crippen LogP contribution in [0.4, 0.5) is 0 Å². The first kappa shape index (κ1) is 11.2. The van der Waals surface area contributed by atoms with E-state index in [1.165, 1.54) is 22.3 Å². The molecule has 2 aromatic rings. The van der Waals surface area contributed by atoms with Crippen molar-refractivity contribution in [1.82, 2.24) is 0 Å². The van der Waals surface area contributed by atoms with E-state index in [4.69, 9.17) is 0 Å². The van der Waals surface area contributed by atoms with E-state index in [1.54, 1.807) is 0 Å². The fourth-order valence-electron chi connectivity index (χ4n) is 4.34. The molecule has 1 N–H and O–H groups in total. The average Bonchev–Trinajstić information content (AvgIpc) is 2.47. The number of benzene rings is 2. The van der Waals surface area contributed by atoms with Gasteiger partial charge in [-0.3, -0.25) is 0 Å². The van der Waals surface area contributed by atoms with Crippen molar-refractivity contribution in [2.24, 2.45) is 11.8 Å². The number of hydrogen-bond donors (Lipinski definition) is 1. The predicted octanol–water partition coefficient (Wildman–Crippen LogP) is 3.52. The molecule has 0 radical (unpaired) electrons. The van der Waals surface area contributed by atoms with Crippen molar-refractivity contribution >= 4 is 0 Å². The summed E-state index contributed by atoms with van der Waals surface area (Å²) in [6.45, 7) is 2.58. The van der Waals surface area contributed by atoms with E-state index in [0.717, 1.165) is 0 Å². The molecule has 2 atom stereocenters. The molecule has 19 heavy (non-hydrogen) atoms. The molecular formula is C18H18O. The Morgan fingerprint density at radius 3 is 1.63 bits per heavy atom. The molecule has 0 aliphatic heterocycles. The molecule has 0 aromatic heterocycles. The van der Waals surface area contributed by atoms with Crippen LogP contribution in [0.3, 0.4) is 0 Å². The monoisotopic (exact) mass is 250 g/mol. The third-order valence-electron chi connectivity index (χ3n) is 5.17. The van der Waals surface area contributed by atoms with Crippen LogP contribution in [0.1, 0.15) is 41.0 Å². The molecule has 96 valence electrons. The lowest BCUT2D eigenvalue weighted by Crippen LogP contribution is -2.40. The van der Waals surface area contributed by atoms with Crippen molar-refractivity contribution in [3.05, 3.63) is 70.8 Å². The van der Waals surface area contributed by atoms with Crippen LogP contribution < -0.4 is 0 Å². The van der Waals surface area contributed by atoms with Crippen LogP contribution in [-0.2, 0) is 0 Å². The number of fused-ring (bicyclic) bond motifs is 1. The second-order valence-corrected chi connectivity index (χ2v) is 5.92. The predicted molar refractivity (Wildman–Crippen MR) is 76.3 cm³/mol. The van der Waals surface area contributed by atoms with Crippen molar-refractivity contribution < 1.29 is 5.11 Å². The molecule has 1 nitrogen and oxygen atoms in total. The minimum atomic E-state index is 0.283. The van der Waals surface area contributed by atoms with E-state index in [2.05, 4.69) is 55.5 Å². The molecule has 3 aliphatic carbocycles. The second-order valence-electron chi connectivity index (χ2n) is 5.92. The van der Waals surface area contributed by atoms with Gasteiger partial charge < -0.3 is 5.11 Å². The molecule has 0 heterocycles. The minimum absolute atomic E-state index is 0.283. The maximum atomic E-state index is 9.83. The van der Waals surface area contributed by atoms with Crippen molar-refractivity contribution in [3.63, 3.8) is 0 Å². The quantitative estimate of drug-likeness (QED) is 0.821. The molecule has 0 unspecified atom stereocenters. The van der Waals surface area contributed by atoms with Gasteiger partial charge >= 0.3 is 0 Å². The minimum Gasteiger partial charge on any atom is -0.396 e. The first-order valence-corrected chi connectivity index (χ1v) is 7.11. The Balaban J connectivity index is 2.03. The number of aliphatic hydroxyl groups is 1. The highest BCUT2D eigenvalue weighted by molar-refractivity contribution is 5.56. The van der Waals surface area contributed by atoms with E-state index in [1.807, 2.05) is 0 Å². The Morgan fingerprint density at radius 2 is 1.21 bits per heavy atom. The van der Waals surface area contributed by atoms with Gasteiger partial charge in [-0.25, -0.2) is 0 Å². The van der Waals surface area contributed by atoms with Crippen LogP contribution in [0.15, 0.2) is 48.5 Å². The van der Waals surface area contributed by atoms with E-state index in [9.17, 15) is 5.11 Å². The van der Waals surface area contributed by atoms with Crippen LogP contribution in [-0.4, -0.2) is 11.7 Å². The van der Waals surface area contributed by atoms with E-state index >= 15 is 0 Å². The van der Waals surface area contributed by atoms with E-state index in [-0.39, 0.29) is 6.61 Å². The number of rotatable bonds is 1. The molecular weight excluding hydrogens is 232 g/mol. The zero-order chi connectivity index (χ0) is 13.0. The summed E-state index contributed by atoms with van der Waals surface area (Å²) < 4.78 is 0. The van der Waals surface area contributed by atoms with Crippen molar-refractivity contribution in [2.75, 3.05) is 6.61 Å². The van der Waals surface area contributed by atoms with Gasteiger partial charge in [-0.1, -0.05) is 55.5 Å². The number of hydrogen-bond acceptors (Lipinski definition) is 1. The highest BCUT2D eigenvalue weighted by Crippen LogP contribution is 2.57. The van der Waals surface area contributed by atoms with Crippen LogP contribution in [0.2, 0.25) is 0 Å². The molecule has 0 spiro atoms. The van der Waals surface area contributed by atoms with Gasteiger partial charge in [-0.2, -0.15) is 0 Å². The Hall–Kier alpha value is -1.60. The van der Waals surface area contributed by atoms with E-state index < -0.39 is 0 Å². The zero-order valence-corrected chi connectivity index (χ0v) is 11.1. The van der Waals surface area contributed by atoms with Gasteiger partial charge in [0.1, 0.15) is 0 Å². The summed E-state index contributed by atoms with van der Waals surface area (Å²) in [6.07, 6.45) is 0. The number of aliphatic hydroxyl groups excluding tert-OH is 1. The Kier molecular flexibility index (Phi) is 2.33. The summed E-state index contributed by atoms with van der Waals surface area (Å²) in [7, 11) is 0. The summed E-state index contributed by atoms with van der Waals surface area (Å²) in [5, 5.41) is 9.83. The smallest absolute Gasteiger partial charge is 0.0471 e.